The van der Waals surface area contributed by atoms with Crippen molar-refractivity contribution in [3.05, 3.63) is 182 Å². The normalized spacial score (nSPS) is 15.9. The van der Waals surface area contributed by atoms with Crippen LogP contribution in [-0.4, -0.2) is 21.1 Å². The molecule has 2 heterocycles. The topological polar surface area (TPSA) is 47.9 Å². The van der Waals surface area contributed by atoms with Crippen LogP contribution in [0.2, 0.25) is 0 Å². The summed E-state index contributed by atoms with van der Waals surface area (Å²) in [7, 11) is 0. The maximum Gasteiger partial charge on any atom is 0.164 e. The van der Waals surface area contributed by atoms with Crippen LogP contribution in [0.5, 0.6) is 5.75 Å². The number of rotatable bonds is 5. The van der Waals surface area contributed by atoms with Crippen molar-refractivity contribution in [2.75, 3.05) is 0 Å². The fourth-order valence-corrected chi connectivity index (χ4v) is 8.34. The van der Waals surface area contributed by atoms with E-state index >= 15 is 0 Å². The number of nitrogens with zero attached hydrogens (tertiary/aromatic N) is 3. The lowest BCUT2D eigenvalue weighted by Gasteiger charge is -2.16. The van der Waals surface area contributed by atoms with Crippen LogP contribution in [0.3, 0.4) is 0 Å². The van der Waals surface area contributed by atoms with Crippen molar-refractivity contribution in [2.24, 2.45) is 0 Å². The van der Waals surface area contributed by atoms with Crippen molar-refractivity contribution in [3.63, 3.8) is 0 Å². The summed E-state index contributed by atoms with van der Waals surface area (Å²) in [4.78, 5) is 15.6. The average molecular weight is 678 g/mol. The van der Waals surface area contributed by atoms with E-state index in [9.17, 15) is 0 Å². The summed E-state index contributed by atoms with van der Waals surface area (Å²) in [6.07, 6.45) is 8.45. The molecule has 2 aliphatic carbocycles. The highest BCUT2D eigenvalue weighted by Crippen LogP contribution is 2.49. The Hall–Kier alpha value is -6.91. The summed E-state index contributed by atoms with van der Waals surface area (Å²) >= 11 is 0. The Morgan fingerprint density at radius 1 is 0.396 bits per heavy atom. The summed E-state index contributed by atoms with van der Waals surface area (Å²) < 4.78 is 6.40. The molecule has 4 nitrogen and oxygen atoms in total. The largest absolute Gasteiger partial charge is 0.485 e. The van der Waals surface area contributed by atoms with Gasteiger partial charge in [-0.05, 0) is 91.7 Å². The third kappa shape index (κ3) is 4.87. The standard InChI is InChI=1S/C49H31N3O/c1-2-12-30(13-3-1)31-14-8-17-34(26-31)47-50-48(52-49(51-47)41-23-11-25-44-46(41)40-21-6-7-24-43(40)53-44)35-18-9-15-32(27-35)36-28-33-16-10-22-39-37-19-4-5-20-38(37)42(29-36)45(33)39/h1-29,40,43H. The molecular weight excluding hydrogens is 647 g/mol. The molecule has 0 spiro atoms. The fourth-order valence-electron chi connectivity index (χ4n) is 8.34. The zero-order valence-corrected chi connectivity index (χ0v) is 28.6. The van der Waals surface area contributed by atoms with Crippen LogP contribution in [0.1, 0.15) is 11.5 Å². The number of allylic oxidation sites excluding steroid dienone is 2. The Kier molecular flexibility index (Phi) is 6.65. The van der Waals surface area contributed by atoms with Crippen molar-refractivity contribution in [3.8, 4) is 84.4 Å². The van der Waals surface area contributed by atoms with Crippen LogP contribution in [0.25, 0.3) is 89.4 Å². The average Bonchev–Trinajstić information content (AvgIpc) is 3.78. The second-order valence-electron chi connectivity index (χ2n) is 13.9. The third-order valence-electron chi connectivity index (χ3n) is 10.8. The minimum Gasteiger partial charge on any atom is -0.485 e. The fraction of sp³-hybridized carbons (Fsp3) is 0.0408. The van der Waals surface area contributed by atoms with Crippen LogP contribution >= 0.6 is 0 Å². The molecule has 8 aromatic rings. The maximum absolute atomic E-state index is 6.40. The van der Waals surface area contributed by atoms with Crippen LogP contribution in [0.15, 0.2) is 176 Å². The van der Waals surface area contributed by atoms with E-state index in [1.807, 2.05) is 18.2 Å². The van der Waals surface area contributed by atoms with E-state index in [1.165, 1.54) is 33.0 Å². The molecule has 0 fully saturated rings. The van der Waals surface area contributed by atoms with Gasteiger partial charge >= 0.3 is 0 Å². The molecule has 11 rings (SSSR count). The molecule has 1 aliphatic heterocycles. The van der Waals surface area contributed by atoms with Crippen molar-refractivity contribution in [1.82, 2.24) is 15.0 Å². The van der Waals surface area contributed by atoms with E-state index < -0.39 is 0 Å². The first kappa shape index (κ1) is 29.8. The number of hydrogen-bond acceptors (Lipinski definition) is 4. The molecule has 3 aliphatic rings. The van der Waals surface area contributed by atoms with E-state index in [0.29, 0.717) is 17.5 Å². The second kappa shape index (κ2) is 11.8. The molecule has 7 aromatic carbocycles. The van der Waals surface area contributed by atoms with Gasteiger partial charge in [-0.3, -0.25) is 0 Å². The Bertz CT molecular complexity index is 2840. The van der Waals surface area contributed by atoms with E-state index in [1.54, 1.807) is 0 Å². The first-order chi connectivity index (χ1) is 26.2. The van der Waals surface area contributed by atoms with Gasteiger partial charge in [0.05, 0.1) is 0 Å². The van der Waals surface area contributed by atoms with Gasteiger partial charge in [0, 0.05) is 28.2 Å². The number of fused-ring (bicyclic) bond motifs is 6. The molecule has 2 atom stereocenters. The van der Waals surface area contributed by atoms with Crippen molar-refractivity contribution in [2.45, 2.75) is 12.0 Å². The Labute approximate surface area is 307 Å². The van der Waals surface area contributed by atoms with Crippen molar-refractivity contribution < 1.29 is 4.74 Å². The van der Waals surface area contributed by atoms with Gasteiger partial charge in [0.1, 0.15) is 11.9 Å². The summed E-state index contributed by atoms with van der Waals surface area (Å²) in [5, 5.41) is 2.56. The van der Waals surface area contributed by atoms with E-state index in [4.69, 9.17) is 19.7 Å². The molecule has 0 N–H and O–H groups in total. The third-order valence-corrected chi connectivity index (χ3v) is 10.8. The minimum atomic E-state index is -0.0397. The number of ether oxygens (including phenoxy) is 1. The first-order valence-electron chi connectivity index (χ1n) is 18.1. The van der Waals surface area contributed by atoms with Crippen molar-refractivity contribution in [1.29, 1.82) is 0 Å². The molecular formula is C49H31N3O. The highest BCUT2D eigenvalue weighted by Gasteiger charge is 2.35. The molecule has 1 aromatic heterocycles. The number of benzene rings is 7. The predicted octanol–water partition coefficient (Wildman–Crippen LogP) is 12.0. The van der Waals surface area contributed by atoms with Gasteiger partial charge in [0.2, 0.25) is 0 Å². The molecule has 4 heteroatoms. The molecule has 0 saturated carbocycles. The molecule has 0 saturated heterocycles. The SMILES string of the molecule is C1=CC2Oc3cccc(-c4nc(-c5cccc(-c6ccccc6)c5)nc(-c5cccc(-c6cc7c8c(cccc8c6)-c6ccccc6-7)c5)n4)c3C2C=C1. The smallest absolute Gasteiger partial charge is 0.164 e. The first-order valence-corrected chi connectivity index (χ1v) is 18.1. The highest BCUT2D eigenvalue weighted by atomic mass is 16.5. The van der Waals surface area contributed by atoms with Crippen LogP contribution < -0.4 is 4.74 Å². The molecule has 0 radical (unpaired) electrons. The summed E-state index contributed by atoms with van der Waals surface area (Å²) in [6.45, 7) is 0. The van der Waals surface area contributed by atoms with Crippen molar-refractivity contribution >= 4 is 10.8 Å². The van der Waals surface area contributed by atoms with Crippen LogP contribution in [0.4, 0.5) is 0 Å². The van der Waals surface area contributed by atoms with Gasteiger partial charge in [-0.25, -0.2) is 15.0 Å². The summed E-state index contributed by atoms with van der Waals surface area (Å²) in [5.74, 6) is 2.85. The molecule has 0 amide bonds. The summed E-state index contributed by atoms with van der Waals surface area (Å²) in [6, 6.07) is 53.7. The monoisotopic (exact) mass is 677 g/mol. The maximum atomic E-state index is 6.40. The minimum absolute atomic E-state index is 0.0397. The predicted molar refractivity (Wildman–Crippen MR) is 214 cm³/mol. The van der Waals surface area contributed by atoms with Gasteiger partial charge in [0.25, 0.3) is 0 Å². The number of hydrogen-bond donors (Lipinski definition) is 0. The Morgan fingerprint density at radius 3 is 1.77 bits per heavy atom. The second-order valence-corrected chi connectivity index (χ2v) is 13.9. The van der Waals surface area contributed by atoms with Crippen LogP contribution in [0, 0.1) is 0 Å². The lowest BCUT2D eigenvalue weighted by atomic mass is 9.88. The van der Waals surface area contributed by atoms with Crippen LogP contribution in [-0.2, 0) is 0 Å². The Balaban J connectivity index is 1.08. The van der Waals surface area contributed by atoms with Gasteiger partial charge in [0.15, 0.2) is 17.5 Å². The quantitative estimate of drug-likeness (QED) is 0.182. The lowest BCUT2D eigenvalue weighted by molar-refractivity contribution is 0.269. The Morgan fingerprint density at radius 2 is 0.981 bits per heavy atom. The molecule has 248 valence electrons. The highest BCUT2D eigenvalue weighted by molar-refractivity contribution is 6.16. The number of aromatic nitrogens is 3. The van der Waals surface area contributed by atoms with E-state index in [0.717, 1.165) is 50.3 Å². The molecule has 0 bridgehead atoms. The lowest BCUT2D eigenvalue weighted by Crippen LogP contribution is -2.16. The van der Waals surface area contributed by atoms with E-state index in [-0.39, 0.29) is 12.0 Å². The zero-order valence-electron chi connectivity index (χ0n) is 28.6. The van der Waals surface area contributed by atoms with E-state index in [2.05, 4.69) is 158 Å². The zero-order chi connectivity index (χ0) is 34.9. The van der Waals surface area contributed by atoms with Gasteiger partial charge in [-0.1, -0.05) is 140 Å². The molecule has 53 heavy (non-hydrogen) atoms. The molecule has 2 unspecified atom stereocenters. The van der Waals surface area contributed by atoms with Gasteiger partial charge in [-0.2, -0.15) is 0 Å². The summed E-state index contributed by atoms with van der Waals surface area (Å²) in [5.41, 5.74) is 13.6. The van der Waals surface area contributed by atoms with Gasteiger partial charge < -0.3 is 4.74 Å². The van der Waals surface area contributed by atoms with Gasteiger partial charge in [-0.15, -0.1) is 0 Å².